The quantitative estimate of drug-likeness (QED) is 0.620. The van der Waals surface area contributed by atoms with Crippen LogP contribution in [0.5, 0.6) is 5.88 Å². The van der Waals surface area contributed by atoms with Gasteiger partial charge in [0, 0.05) is 6.20 Å². The number of nitrogens with zero attached hydrogens (tertiary/aromatic N) is 2. The Labute approximate surface area is 113 Å². The SMILES string of the molecule is COC(=O)c1cnc(C)nc1OC1CCCCCC1. The van der Waals surface area contributed by atoms with Crippen molar-refractivity contribution < 1.29 is 14.3 Å². The monoisotopic (exact) mass is 264 g/mol. The van der Waals surface area contributed by atoms with Crippen LogP contribution >= 0.6 is 0 Å². The summed E-state index contributed by atoms with van der Waals surface area (Å²) >= 11 is 0. The van der Waals surface area contributed by atoms with Crippen molar-refractivity contribution >= 4 is 5.97 Å². The molecule has 1 aromatic rings. The van der Waals surface area contributed by atoms with Gasteiger partial charge in [0.2, 0.25) is 5.88 Å². The molecule has 1 aliphatic rings. The van der Waals surface area contributed by atoms with Gasteiger partial charge in [0.25, 0.3) is 0 Å². The highest BCUT2D eigenvalue weighted by Gasteiger charge is 2.20. The minimum Gasteiger partial charge on any atom is -0.474 e. The van der Waals surface area contributed by atoms with Gasteiger partial charge in [-0.05, 0) is 32.6 Å². The number of ether oxygens (including phenoxy) is 2. The Morgan fingerprint density at radius 1 is 1.26 bits per heavy atom. The van der Waals surface area contributed by atoms with E-state index in [1.807, 2.05) is 0 Å². The van der Waals surface area contributed by atoms with Crippen LogP contribution in [0.3, 0.4) is 0 Å². The first kappa shape index (κ1) is 13.8. The van der Waals surface area contributed by atoms with Crippen molar-refractivity contribution in [2.75, 3.05) is 7.11 Å². The summed E-state index contributed by atoms with van der Waals surface area (Å²) in [6, 6.07) is 0. The summed E-state index contributed by atoms with van der Waals surface area (Å²) in [4.78, 5) is 19.9. The van der Waals surface area contributed by atoms with Crippen LogP contribution in [0.1, 0.15) is 54.7 Å². The molecule has 0 aliphatic heterocycles. The normalized spacial score (nSPS) is 16.7. The van der Waals surface area contributed by atoms with E-state index >= 15 is 0 Å². The van der Waals surface area contributed by atoms with Gasteiger partial charge in [-0.15, -0.1) is 0 Å². The molecule has 5 nitrogen and oxygen atoms in total. The molecule has 5 heteroatoms. The summed E-state index contributed by atoms with van der Waals surface area (Å²) in [7, 11) is 1.34. The molecule has 0 amide bonds. The lowest BCUT2D eigenvalue weighted by Crippen LogP contribution is -2.19. The summed E-state index contributed by atoms with van der Waals surface area (Å²) in [6.07, 6.45) is 8.50. The molecule has 0 bridgehead atoms. The Kier molecular flexibility index (Phi) is 4.71. The van der Waals surface area contributed by atoms with Crippen LogP contribution < -0.4 is 4.74 Å². The van der Waals surface area contributed by atoms with E-state index in [0.717, 1.165) is 12.8 Å². The number of esters is 1. The second-order valence-electron chi connectivity index (χ2n) is 4.86. The molecular formula is C14H20N2O3. The molecule has 1 fully saturated rings. The molecule has 0 unspecified atom stereocenters. The molecule has 0 radical (unpaired) electrons. The maximum atomic E-state index is 11.7. The second-order valence-corrected chi connectivity index (χ2v) is 4.86. The summed E-state index contributed by atoms with van der Waals surface area (Å²) < 4.78 is 10.7. The molecule has 2 rings (SSSR count). The highest BCUT2D eigenvalue weighted by Crippen LogP contribution is 2.24. The molecule has 19 heavy (non-hydrogen) atoms. The van der Waals surface area contributed by atoms with E-state index in [9.17, 15) is 4.79 Å². The largest absolute Gasteiger partial charge is 0.474 e. The van der Waals surface area contributed by atoms with Gasteiger partial charge >= 0.3 is 5.97 Å². The predicted octanol–water partition coefficient (Wildman–Crippen LogP) is 2.67. The zero-order chi connectivity index (χ0) is 13.7. The van der Waals surface area contributed by atoms with Crippen molar-refractivity contribution in [3.63, 3.8) is 0 Å². The third kappa shape index (κ3) is 3.66. The first-order chi connectivity index (χ1) is 9.20. The molecule has 1 aromatic heterocycles. The van der Waals surface area contributed by atoms with E-state index in [1.54, 1.807) is 6.92 Å². The molecular weight excluding hydrogens is 244 g/mol. The standard InChI is InChI=1S/C14H20N2O3/c1-10-15-9-12(14(17)18-2)13(16-10)19-11-7-5-3-4-6-8-11/h9,11H,3-8H2,1-2H3. The topological polar surface area (TPSA) is 61.3 Å². The fourth-order valence-electron chi connectivity index (χ4n) is 2.31. The Bertz CT molecular complexity index is 440. The van der Waals surface area contributed by atoms with Crippen LogP contribution in [0.4, 0.5) is 0 Å². The van der Waals surface area contributed by atoms with Crippen molar-refractivity contribution in [1.29, 1.82) is 0 Å². The van der Waals surface area contributed by atoms with Crippen molar-refractivity contribution in [3.8, 4) is 5.88 Å². The minimum absolute atomic E-state index is 0.139. The average molecular weight is 264 g/mol. The zero-order valence-electron chi connectivity index (χ0n) is 11.5. The molecule has 0 aromatic carbocycles. The highest BCUT2D eigenvalue weighted by atomic mass is 16.5. The Morgan fingerprint density at radius 2 is 1.95 bits per heavy atom. The number of carbonyl (C=O) groups is 1. The van der Waals surface area contributed by atoms with Crippen molar-refractivity contribution in [2.45, 2.75) is 51.6 Å². The van der Waals surface area contributed by atoms with E-state index in [4.69, 9.17) is 9.47 Å². The predicted molar refractivity (Wildman–Crippen MR) is 70.2 cm³/mol. The van der Waals surface area contributed by atoms with Gasteiger partial charge < -0.3 is 9.47 Å². The van der Waals surface area contributed by atoms with E-state index in [-0.39, 0.29) is 6.10 Å². The van der Waals surface area contributed by atoms with Crippen LogP contribution in [0.2, 0.25) is 0 Å². The number of rotatable bonds is 3. The molecule has 1 heterocycles. The molecule has 1 aliphatic carbocycles. The second kappa shape index (κ2) is 6.50. The summed E-state index contributed by atoms with van der Waals surface area (Å²) in [6.45, 7) is 1.78. The van der Waals surface area contributed by atoms with Crippen LogP contribution in [0.15, 0.2) is 6.20 Å². The van der Waals surface area contributed by atoms with Gasteiger partial charge in [-0.3, -0.25) is 0 Å². The van der Waals surface area contributed by atoms with E-state index in [1.165, 1.54) is 39.0 Å². The smallest absolute Gasteiger partial charge is 0.344 e. The number of methoxy groups -OCH3 is 1. The first-order valence-corrected chi connectivity index (χ1v) is 6.79. The number of hydrogen-bond acceptors (Lipinski definition) is 5. The van der Waals surface area contributed by atoms with Crippen molar-refractivity contribution in [3.05, 3.63) is 17.6 Å². The molecule has 104 valence electrons. The van der Waals surface area contributed by atoms with Gasteiger partial charge in [-0.2, -0.15) is 4.98 Å². The average Bonchev–Trinajstić information content (AvgIpc) is 2.67. The van der Waals surface area contributed by atoms with E-state index < -0.39 is 5.97 Å². The van der Waals surface area contributed by atoms with Crippen molar-refractivity contribution in [2.24, 2.45) is 0 Å². The summed E-state index contributed by atoms with van der Waals surface area (Å²) in [5.41, 5.74) is 0.303. The highest BCUT2D eigenvalue weighted by molar-refractivity contribution is 5.91. The maximum absolute atomic E-state index is 11.7. The molecule has 0 spiro atoms. The van der Waals surface area contributed by atoms with Crippen LogP contribution in [-0.4, -0.2) is 29.2 Å². The lowest BCUT2D eigenvalue weighted by atomic mass is 10.1. The zero-order valence-corrected chi connectivity index (χ0v) is 11.5. The van der Waals surface area contributed by atoms with Crippen LogP contribution in [-0.2, 0) is 4.74 Å². The Balaban J connectivity index is 2.17. The van der Waals surface area contributed by atoms with Gasteiger partial charge in [0.1, 0.15) is 17.5 Å². The first-order valence-electron chi connectivity index (χ1n) is 6.79. The molecule has 0 N–H and O–H groups in total. The minimum atomic E-state index is -0.455. The van der Waals surface area contributed by atoms with E-state index in [0.29, 0.717) is 17.3 Å². The maximum Gasteiger partial charge on any atom is 0.344 e. The van der Waals surface area contributed by atoms with Gasteiger partial charge in [-0.25, -0.2) is 9.78 Å². The number of aromatic nitrogens is 2. The number of hydrogen-bond donors (Lipinski definition) is 0. The summed E-state index contributed by atoms with van der Waals surface area (Å²) in [5, 5.41) is 0. The Morgan fingerprint density at radius 3 is 2.58 bits per heavy atom. The third-order valence-corrected chi connectivity index (χ3v) is 3.36. The Hall–Kier alpha value is -1.65. The van der Waals surface area contributed by atoms with Gasteiger partial charge in [0.15, 0.2) is 0 Å². The van der Waals surface area contributed by atoms with Gasteiger partial charge in [0.05, 0.1) is 7.11 Å². The lowest BCUT2D eigenvalue weighted by Gasteiger charge is -2.17. The summed E-state index contributed by atoms with van der Waals surface area (Å²) in [5.74, 6) is 0.492. The molecule has 0 atom stereocenters. The van der Waals surface area contributed by atoms with Crippen LogP contribution in [0.25, 0.3) is 0 Å². The van der Waals surface area contributed by atoms with Crippen LogP contribution in [0, 0.1) is 6.92 Å². The van der Waals surface area contributed by atoms with Gasteiger partial charge in [-0.1, -0.05) is 12.8 Å². The van der Waals surface area contributed by atoms with E-state index in [2.05, 4.69) is 9.97 Å². The number of aryl methyl sites for hydroxylation is 1. The number of carbonyl (C=O) groups excluding carboxylic acids is 1. The fraction of sp³-hybridized carbons (Fsp3) is 0.643. The third-order valence-electron chi connectivity index (χ3n) is 3.36. The fourth-order valence-corrected chi connectivity index (χ4v) is 2.31. The van der Waals surface area contributed by atoms with Crippen molar-refractivity contribution in [1.82, 2.24) is 9.97 Å². The lowest BCUT2D eigenvalue weighted by molar-refractivity contribution is 0.0589. The molecule has 0 saturated heterocycles. The molecule has 1 saturated carbocycles.